The van der Waals surface area contributed by atoms with Gasteiger partial charge < -0.3 is 20.3 Å². The van der Waals surface area contributed by atoms with Crippen LogP contribution in [0.5, 0.6) is 0 Å². The fourth-order valence-corrected chi connectivity index (χ4v) is 8.58. The van der Waals surface area contributed by atoms with Crippen LogP contribution in [0.2, 0.25) is 0 Å². The first-order valence-corrected chi connectivity index (χ1v) is 27.5. The summed E-state index contributed by atoms with van der Waals surface area (Å²) < 4.78 is 5.45. The smallest absolute Gasteiger partial charge is 0.305 e. The van der Waals surface area contributed by atoms with Crippen molar-refractivity contribution in [2.45, 2.75) is 315 Å². The van der Waals surface area contributed by atoms with Crippen LogP contribution in [0.1, 0.15) is 303 Å². The topological polar surface area (TPSA) is 95.9 Å². The van der Waals surface area contributed by atoms with Crippen molar-refractivity contribution in [3.8, 4) is 0 Å². The molecule has 6 nitrogen and oxygen atoms in total. The second kappa shape index (κ2) is 51.2. The molecule has 0 heterocycles. The number of allylic oxidation sites excluding steroid dienone is 1. The molecule has 0 saturated heterocycles. The molecule has 0 aliphatic heterocycles. The lowest BCUT2D eigenvalue weighted by Crippen LogP contribution is -2.45. The highest BCUT2D eigenvalue weighted by molar-refractivity contribution is 5.76. The second-order valence-corrected chi connectivity index (χ2v) is 18.9. The summed E-state index contributed by atoms with van der Waals surface area (Å²) >= 11 is 0. The monoisotopic (exact) mass is 862 g/mol. The minimum absolute atomic E-state index is 0.00660. The van der Waals surface area contributed by atoms with Gasteiger partial charge in [-0.25, -0.2) is 0 Å². The van der Waals surface area contributed by atoms with Gasteiger partial charge in [-0.05, 0) is 32.1 Å². The SMILES string of the molecule is CCCCCCCCCCCCCCCCCCCC/C=C/C(O)C(CO)NC(=O)CCCCCCCCCCCCCCCOC(=O)CCCCCCCCCCCCC. The molecule has 0 radical (unpaired) electrons. The van der Waals surface area contributed by atoms with Crippen LogP contribution >= 0.6 is 0 Å². The fourth-order valence-electron chi connectivity index (χ4n) is 8.58. The van der Waals surface area contributed by atoms with E-state index in [1.807, 2.05) is 6.08 Å². The molecule has 0 aliphatic carbocycles. The summed E-state index contributed by atoms with van der Waals surface area (Å²) in [7, 11) is 0. The van der Waals surface area contributed by atoms with Crippen LogP contribution in [0.15, 0.2) is 12.2 Å². The number of amides is 1. The average molecular weight is 862 g/mol. The van der Waals surface area contributed by atoms with Gasteiger partial charge >= 0.3 is 5.97 Å². The average Bonchev–Trinajstić information content (AvgIpc) is 3.26. The third-order valence-corrected chi connectivity index (χ3v) is 12.8. The van der Waals surface area contributed by atoms with E-state index in [4.69, 9.17) is 4.74 Å². The summed E-state index contributed by atoms with van der Waals surface area (Å²) in [4.78, 5) is 24.4. The summed E-state index contributed by atoms with van der Waals surface area (Å²) in [6, 6.07) is -0.637. The van der Waals surface area contributed by atoms with Gasteiger partial charge in [-0.15, -0.1) is 0 Å². The molecule has 2 atom stereocenters. The quantitative estimate of drug-likeness (QED) is 0.0322. The Bertz CT molecular complexity index is 909. The number of hydrogen-bond donors (Lipinski definition) is 3. The van der Waals surface area contributed by atoms with Crippen molar-refractivity contribution >= 4 is 11.9 Å². The van der Waals surface area contributed by atoms with Gasteiger partial charge in [-0.2, -0.15) is 0 Å². The lowest BCUT2D eigenvalue weighted by Gasteiger charge is -2.20. The number of hydrogen-bond acceptors (Lipinski definition) is 5. The first-order valence-electron chi connectivity index (χ1n) is 27.5. The van der Waals surface area contributed by atoms with Crippen LogP contribution in [0.25, 0.3) is 0 Å². The molecule has 0 rings (SSSR count). The molecule has 0 aromatic rings. The number of ether oxygens (including phenoxy) is 1. The maximum absolute atomic E-state index is 12.5. The summed E-state index contributed by atoms with van der Waals surface area (Å²) in [6.45, 7) is 4.89. The number of rotatable bonds is 51. The maximum Gasteiger partial charge on any atom is 0.305 e. The molecule has 0 saturated carbocycles. The van der Waals surface area contributed by atoms with Crippen LogP contribution in [0.3, 0.4) is 0 Å². The first kappa shape index (κ1) is 59.6. The van der Waals surface area contributed by atoms with Crippen molar-refractivity contribution in [2.24, 2.45) is 0 Å². The Kier molecular flexibility index (Phi) is 50.1. The van der Waals surface area contributed by atoms with Crippen LogP contribution in [0.4, 0.5) is 0 Å². The lowest BCUT2D eigenvalue weighted by molar-refractivity contribution is -0.143. The van der Waals surface area contributed by atoms with E-state index < -0.39 is 12.1 Å². The normalized spacial score (nSPS) is 12.7. The zero-order chi connectivity index (χ0) is 44.4. The number of esters is 1. The summed E-state index contributed by atoms with van der Waals surface area (Å²) in [5, 5.41) is 23.1. The predicted molar refractivity (Wildman–Crippen MR) is 264 cm³/mol. The van der Waals surface area contributed by atoms with Crippen molar-refractivity contribution in [3.63, 3.8) is 0 Å². The predicted octanol–water partition coefficient (Wildman–Crippen LogP) is 16.5. The van der Waals surface area contributed by atoms with Gasteiger partial charge in [-0.1, -0.05) is 270 Å². The molecule has 0 aromatic heterocycles. The highest BCUT2D eigenvalue weighted by Gasteiger charge is 2.18. The molecule has 0 bridgehead atoms. The molecule has 0 fully saturated rings. The van der Waals surface area contributed by atoms with E-state index in [1.54, 1.807) is 6.08 Å². The third kappa shape index (κ3) is 47.9. The standard InChI is InChI=1S/C55H107NO5/c1-3-5-7-9-11-13-15-16-17-18-19-20-21-22-24-28-31-35-39-43-47-53(58)52(51-57)56-54(59)48-44-40-36-32-29-25-23-26-30-34-38-42-46-50-61-55(60)49-45-41-37-33-27-14-12-10-8-6-4-2/h43,47,52-53,57-58H,3-42,44-46,48-51H2,1-2H3,(H,56,59)/b47-43+. The van der Waals surface area contributed by atoms with E-state index in [0.717, 1.165) is 57.8 Å². The van der Waals surface area contributed by atoms with Gasteiger partial charge in [0.05, 0.1) is 25.4 Å². The molecule has 362 valence electrons. The van der Waals surface area contributed by atoms with Crippen LogP contribution in [0, 0.1) is 0 Å². The Labute approximate surface area is 380 Å². The molecule has 3 N–H and O–H groups in total. The van der Waals surface area contributed by atoms with Crippen LogP contribution < -0.4 is 5.32 Å². The van der Waals surface area contributed by atoms with E-state index in [1.165, 1.54) is 218 Å². The van der Waals surface area contributed by atoms with Gasteiger partial charge in [0, 0.05) is 12.8 Å². The molecule has 6 heteroatoms. The molecule has 2 unspecified atom stereocenters. The minimum atomic E-state index is -0.852. The Morgan fingerprint density at radius 2 is 0.754 bits per heavy atom. The maximum atomic E-state index is 12.5. The third-order valence-electron chi connectivity index (χ3n) is 12.8. The number of carbonyl (C=O) groups excluding carboxylic acids is 2. The summed E-state index contributed by atoms with van der Waals surface area (Å²) in [5.74, 6) is -0.0845. The van der Waals surface area contributed by atoms with Gasteiger partial charge in [-0.3, -0.25) is 9.59 Å². The van der Waals surface area contributed by atoms with Crippen LogP contribution in [-0.2, 0) is 14.3 Å². The molecule has 1 amide bonds. The van der Waals surface area contributed by atoms with Gasteiger partial charge in [0.15, 0.2) is 0 Å². The number of carbonyl (C=O) groups is 2. The Hall–Kier alpha value is -1.40. The van der Waals surface area contributed by atoms with Crippen molar-refractivity contribution in [3.05, 3.63) is 12.2 Å². The molecule has 0 aliphatic rings. The first-order chi connectivity index (χ1) is 30.0. The Balaban J connectivity index is 3.49. The largest absolute Gasteiger partial charge is 0.466 e. The Morgan fingerprint density at radius 1 is 0.443 bits per heavy atom. The molecular weight excluding hydrogens is 755 g/mol. The van der Waals surface area contributed by atoms with Crippen LogP contribution in [-0.4, -0.2) is 47.4 Å². The number of unbranched alkanes of at least 4 members (excludes halogenated alkanes) is 40. The van der Waals surface area contributed by atoms with Gasteiger partial charge in [0.2, 0.25) is 5.91 Å². The fraction of sp³-hybridized carbons (Fsp3) is 0.927. The van der Waals surface area contributed by atoms with Crippen molar-refractivity contribution in [1.82, 2.24) is 5.32 Å². The zero-order valence-electron chi connectivity index (χ0n) is 41.2. The van der Waals surface area contributed by atoms with E-state index >= 15 is 0 Å². The van der Waals surface area contributed by atoms with Crippen molar-refractivity contribution in [2.75, 3.05) is 13.2 Å². The van der Waals surface area contributed by atoms with Crippen molar-refractivity contribution in [1.29, 1.82) is 0 Å². The highest BCUT2D eigenvalue weighted by atomic mass is 16.5. The molecule has 0 aromatic carbocycles. The second-order valence-electron chi connectivity index (χ2n) is 18.9. The highest BCUT2D eigenvalue weighted by Crippen LogP contribution is 2.17. The van der Waals surface area contributed by atoms with E-state index in [0.29, 0.717) is 19.4 Å². The summed E-state index contributed by atoms with van der Waals surface area (Å²) in [6.07, 6.45) is 59.3. The molecule has 0 spiro atoms. The van der Waals surface area contributed by atoms with Crippen molar-refractivity contribution < 1.29 is 24.5 Å². The molecule has 61 heavy (non-hydrogen) atoms. The number of aliphatic hydroxyl groups excluding tert-OH is 2. The number of nitrogens with one attached hydrogen (secondary N) is 1. The van der Waals surface area contributed by atoms with Gasteiger partial charge in [0.25, 0.3) is 0 Å². The summed E-state index contributed by atoms with van der Waals surface area (Å²) in [5.41, 5.74) is 0. The van der Waals surface area contributed by atoms with E-state index in [9.17, 15) is 19.8 Å². The minimum Gasteiger partial charge on any atom is -0.466 e. The number of aliphatic hydroxyl groups is 2. The van der Waals surface area contributed by atoms with E-state index in [2.05, 4.69) is 19.2 Å². The van der Waals surface area contributed by atoms with Gasteiger partial charge in [0.1, 0.15) is 0 Å². The van der Waals surface area contributed by atoms with E-state index in [-0.39, 0.29) is 18.5 Å². The molecular formula is C55H107NO5. The zero-order valence-corrected chi connectivity index (χ0v) is 41.2. The lowest BCUT2D eigenvalue weighted by atomic mass is 10.0. The Morgan fingerprint density at radius 3 is 1.11 bits per heavy atom.